The highest BCUT2D eigenvalue weighted by atomic mass is 16.6. The van der Waals surface area contributed by atoms with Crippen molar-refractivity contribution in [3.8, 4) is 0 Å². The molecule has 2 aliphatic heterocycles. The maximum Gasteiger partial charge on any atom is 0.410 e. The lowest BCUT2D eigenvalue weighted by molar-refractivity contribution is 0.0230. The maximum atomic E-state index is 12.9. The van der Waals surface area contributed by atoms with Crippen LogP contribution in [0.5, 0.6) is 0 Å². The monoisotopic (exact) mass is 674 g/mol. The predicted octanol–water partition coefficient (Wildman–Crippen LogP) is 5.90. The number of hydrogen-bond donors (Lipinski definition) is 2. The molecule has 262 valence electrons. The van der Waals surface area contributed by atoms with Gasteiger partial charge in [-0.2, -0.15) is 0 Å². The van der Waals surface area contributed by atoms with Crippen LogP contribution in [0.1, 0.15) is 62.7 Å². The Hall–Kier alpha value is -5.20. The van der Waals surface area contributed by atoms with Gasteiger partial charge in [0.05, 0.1) is 0 Å². The fourth-order valence-corrected chi connectivity index (χ4v) is 5.43. The maximum absolute atomic E-state index is 12.9. The molecule has 3 heterocycles. The fourth-order valence-electron chi connectivity index (χ4n) is 5.43. The minimum absolute atomic E-state index is 0.00774. The number of nitrogens with zero attached hydrogens (tertiary/aromatic N) is 4. The zero-order valence-corrected chi connectivity index (χ0v) is 29.1. The highest BCUT2D eigenvalue weighted by molar-refractivity contribution is 6.05. The van der Waals surface area contributed by atoms with Crippen molar-refractivity contribution < 1.29 is 33.1 Å². The summed E-state index contributed by atoms with van der Waals surface area (Å²) >= 11 is 0. The van der Waals surface area contributed by atoms with Crippen LogP contribution in [0.3, 0.4) is 0 Å². The lowest BCUT2D eigenvalue weighted by atomic mass is 10.2. The van der Waals surface area contributed by atoms with Gasteiger partial charge >= 0.3 is 12.2 Å². The van der Waals surface area contributed by atoms with E-state index in [2.05, 4.69) is 20.4 Å². The SMILES string of the molecule is CC(C)(C)OC(=O)N1CCN(c2ccc(NC(=O)c3ccc(C(=O)Nc4ccc(N5CCN(C(=O)OC(C)(C)C)CC5)cc4)o3)cc2)CC1. The van der Waals surface area contributed by atoms with Crippen molar-refractivity contribution in [3.05, 3.63) is 72.2 Å². The van der Waals surface area contributed by atoms with Crippen molar-refractivity contribution in [1.29, 1.82) is 0 Å². The molecule has 3 aromatic rings. The fraction of sp³-hybridized carbons (Fsp3) is 0.444. The number of rotatable bonds is 6. The van der Waals surface area contributed by atoms with Gasteiger partial charge in [0.25, 0.3) is 11.8 Å². The van der Waals surface area contributed by atoms with Gasteiger partial charge < -0.3 is 44.1 Å². The van der Waals surface area contributed by atoms with Crippen LogP contribution in [0, 0.1) is 0 Å². The van der Waals surface area contributed by atoms with E-state index in [-0.39, 0.29) is 23.7 Å². The Balaban J connectivity index is 1.07. The van der Waals surface area contributed by atoms with Crippen LogP contribution in [0.15, 0.2) is 65.1 Å². The first-order chi connectivity index (χ1) is 23.1. The van der Waals surface area contributed by atoms with Crippen molar-refractivity contribution in [2.75, 3.05) is 72.8 Å². The molecule has 2 saturated heterocycles. The number of furan rings is 1. The number of piperazine rings is 2. The third-order valence-electron chi connectivity index (χ3n) is 7.90. The van der Waals surface area contributed by atoms with E-state index in [1.165, 1.54) is 12.1 Å². The number of ether oxygens (including phenoxy) is 2. The molecular formula is C36H46N6O7. The first-order valence-corrected chi connectivity index (χ1v) is 16.5. The summed E-state index contributed by atoms with van der Waals surface area (Å²) in [6.07, 6.45) is -0.606. The van der Waals surface area contributed by atoms with Crippen LogP contribution < -0.4 is 20.4 Å². The average molecular weight is 675 g/mol. The first-order valence-electron chi connectivity index (χ1n) is 16.5. The number of carbonyl (C=O) groups is 4. The molecule has 0 radical (unpaired) electrons. The van der Waals surface area contributed by atoms with E-state index in [4.69, 9.17) is 13.9 Å². The number of benzene rings is 2. The van der Waals surface area contributed by atoms with Gasteiger partial charge in [0.2, 0.25) is 0 Å². The number of amides is 4. The van der Waals surface area contributed by atoms with Gasteiger partial charge in [-0.3, -0.25) is 9.59 Å². The molecule has 5 rings (SSSR count). The Bertz CT molecular complexity index is 1500. The summed E-state index contributed by atoms with van der Waals surface area (Å²) in [5, 5.41) is 5.61. The number of anilines is 4. The summed E-state index contributed by atoms with van der Waals surface area (Å²) in [5.41, 5.74) is 2.05. The summed E-state index contributed by atoms with van der Waals surface area (Å²) in [5.74, 6) is -0.940. The zero-order valence-electron chi connectivity index (χ0n) is 29.1. The van der Waals surface area contributed by atoms with Crippen molar-refractivity contribution in [3.63, 3.8) is 0 Å². The molecule has 0 atom stereocenters. The van der Waals surface area contributed by atoms with Gasteiger partial charge in [-0.15, -0.1) is 0 Å². The second-order valence-electron chi connectivity index (χ2n) is 14.1. The molecule has 1 aromatic heterocycles. The minimum Gasteiger partial charge on any atom is -0.446 e. The van der Waals surface area contributed by atoms with E-state index in [9.17, 15) is 19.2 Å². The van der Waals surface area contributed by atoms with Crippen LogP contribution in [0.4, 0.5) is 32.3 Å². The molecule has 0 spiro atoms. The normalized spacial score (nSPS) is 15.5. The van der Waals surface area contributed by atoms with Gasteiger partial charge in [0.15, 0.2) is 11.5 Å². The van der Waals surface area contributed by atoms with E-state index >= 15 is 0 Å². The van der Waals surface area contributed by atoms with Crippen LogP contribution >= 0.6 is 0 Å². The summed E-state index contributed by atoms with van der Waals surface area (Å²) in [4.78, 5) is 58.2. The molecule has 13 nitrogen and oxygen atoms in total. The topological polar surface area (TPSA) is 137 Å². The highest BCUT2D eigenvalue weighted by Gasteiger charge is 2.27. The zero-order chi connectivity index (χ0) is 35.3. The lowest BCUT2D eigenvalue weighted by Gasteiger charge is -2.36. The third kappa shape index (κ3) is 9.68. The highest BCUT2D eigenvalue weighted by Crippen LogP contribution is 2.23. The van der Waals surface area contributed by atoms with Crippen molar-refractivity contribution in [1.82, 2.24) is 9.80 Å². The Morgan fingerprint density at radius 3 is 1.16 bits per heavy atom. The van der Waals surface area contributed by atoms with Crippen LogP contribution in [-0.2, 0) is 9.47 Å². The molecule has 0 aliphatic carbocycles. The smallest absolute Gasteiger partial charge is 0.410 e. The standard InChI is InChI=1S/C36H46N6O7/c1-35(2,3)48-33(45)41-21-17-39(18-22-41)27-11-7-25(8-12-27)37-31(43)29-15-16-30(47-29)32(44)38-26-9-13-28(14-10-26)40-19-23-42(24-20-40)34(46)49-36(4,5)6/h7-16H,17-24H2,1-6H3,(H,37,43)(H,38,44). The third-order valence-corrected chi connectivity index (χ3v) is 7.90. The molecule has 2 fully saturated rings. The lowest BCUT2D eigenvalue weighted by Crippen LogP contribution is -2.50. The quantitative estimate of drug-likeness (QED) is 0.328. The van der Waals surface area contributed by atoms with Gasteiger partial charge in [0, 0.05) is 75.1 Å². The molecule has 2 N–H and O–H groups in total. The predicted molar refractivity (Wildman–Crippen MR) is 188 cm³/mol. The van der Waals surface area contributed by atoms with Gasteiger partial charge in [-0.25, -0.2) is 9.59 Å². The van der Waals surface area contributed by atoms with Crippen LogP contribution in [0.2, 0.25) is 0 Å². The Labute approximate surface area is 287 Å². The van der Waals surface area contributed by atoms with Gasteiger partial charge in [-0.05, 0) is 102 Å². The van der Waals surface area contributed by atoms with Gasteiger partial charge in [0.1, 0.15) is 11.2 Å². The molecule has 49 heavy (non-hydrogen) atoms. The van der Waals surface area contributed by atoms with Crippen molar-refractivity contribution in [2.45, 2.75) is 52.7 Å². The Morgan fingerprint density at radius 2 is 0.857 bits per heavy atom. The summed E-state index contributed by atoms with van der Waals surface area (Å²) in [7, 11) is 0. The molecule has 4 amide bonds. The largest absolute Gasteiger partial charge is 0.446 e. The molecule has 0 bridgehead atoms. The second kappa shape index (κ2) is 14.5. The second-order valence-corrected chi connectivity index (χ2v) is 14.1. The molecule has 0 unspecified atom stereocenters. The van der Waals surface area contributed by atoms with E-state index in [1.54, 1.807) is 34.1 Å². The van der Waals surface area contributed by atoms with Gasteiger partial charge in [-0.1, -0.05) is 0 Å². The first kappa shape index (κ1) is 35.1. The van der Waals surface area contributed by atoms with Crippen LogP contribution in [-0.4, -0.2) is 97.4 Å². The Kier molecular flexibility index (Phi) is 10.4. The molecule has 0 saturated carbocycles. The van der Waals surface area contributed by atoms with Crippen LogP contribution in [0.25, 0.3) is 0 Å². The van der Waals surface area contributed by atoms with E-state index in [1.807, 2.05) is 65.8 Å². The number of carbonyl (C=O) groups excluding carboxylic acids is 4. The van der Waals surface area contributed by atoms with E-state index in [0.717, 1.165) is 11.4 Å². The average Bonchev–Trinajstić information content (AvgIpc) is 3.55. The van der Waals surface area contributed by atoms with Crippen molar-refractivity contribution in [2.24, 2.45) is 0 Å². The molecule has 2 aliphatic rings. The van der Waals surface area contributed by atoms with E-state index in [0.29, 0.717) is 63.7 Å². The summed E-state index contributed by atoms with van der Waals surface area (Å²) in [6.45, 7) is 16.0. The minimum atomic E-state index is -0.530. The van der Waals surface area contributed by atoms with E-state index < -0.39 is 23.0 Å². The molecule has 2 aromatic carbocycles. The summed E-state index contributed by atoms with van der Waals surface area (Å²) in [6, 6.07) is 17.8. The Morgan fingerprint density at radius 1 is 0.531 bits per heavy atom. The number of hydrogen-bond acceptors (Lipinski definition) is 9. The number of nitrogens with one attached hydrogen (secondary N) is 2. The van der Waals surface area contributed by atoms with Crippen molar-refractivity contribution >= 4 is 46.8 Å². The molecular weight excluding hydrogens is 628 g/mol. The molecule has 13 heteroatoms. The summed E-state index contributed by atoms with van der Waals surface area (Å²) < 4.78 is 16.5.